The van der Waals surface area contributed by atoms with Gasteiger partial charge in [0.2, 0.25) is 0 Å². The zero-order valence-electron chi connectivity index (χ0n) is 13.2. The number of benzene rings is 2. The average molecular weight is 372 g/mol. The summed E-state index contributed by atoms with van der Waals surface area (Å²) in [5.41, 5.74) is 2.88. The molecule has 0 aliphatic heterocycles. The van der Waals surface area contributed by atoms with Gasteiger partial charge < -0.3 is 5.32 Å². The van der Waals surface area contributed by atoms with Crippen LogP contribution in [0.25, 0.3) is 0 Å². The number of amides is 1. The maximum Gasteiger partial charge on any atom is 0.251 e. The third kappa shape index (κ3) is 3.22. The fourth-order valence-corrected chi connectivity index (χ4v) is 3.08. The SMILES string of the molecule is CC(=O)c1cc(C(=O)NC2(c3ccc(Br)cc3)CC2)ccc1C. The molecule has 23 heavy (non-hydrogen) atoms. The molecule has 118 valence electrons. The van der Waals surface area contributed by atoms with Gasteiger partial charge in [0.25, 0.3) is 5.91 Å². The molecule has 0 unspecified atom stereocenters. The molecule has 0 saturated heterocycles. The Kier molecular flexibility index (Phi) is 4.11. The first-order chi connectivity index (χ1) is 10.9. The lowest BCUT2D eigenvalue weighted by atomic mass is 10.0. The fraction of sp³-hybridized carbons (Fsp3) is 0.263. The van der Waals surface area contributed by atoms with E-state index in [2.05, 4.69) is 21.2 Å². The molecule has 1 aliphatic carbocycles. The highest BCUT2D eigenvalue weighted by Crippen LogP contribution is 2.45. The molecule has 0 radical (unpaired) electrons. The van der Waals surface area contributed by atoms with Gasteiger partial charge >= 0.3 is 0 Å². The summed E-state index contributed by atoms with van der Waals surface area (Å²) in [6, 6.07) is 13.3. The Morgan fingerprint density at radius 1 is 1.09 bits per heavy atom. The van der Waals surface area contributed by atoms with Gasteiger partial charge in [-0.2, -0.15) is 0 Å². The van der Waals surface area contributed by atoms with Crippen molar-refractivity contribution in [3.63, 3.8) is 0 Å². The van der Waals surface area contributed by atoms with Crippen molar-refractivity contribution in [3.8, 4) is 0 Å². The monoisotopic (exact) mass is 371 g/mol. The van der Waals surface area contributed by atoms with Gasteiger partial charge in [-0.25, -0.2) is 0 Å². The summed E-state index contributed by atoms with van der Waals surface area (Å²) < 4.78 is 1.02. The molecule has 4 heteroatoms. The minimum Gasteiger partial charge on any atom is -0.343 e. The normalized spacial score (nSPS) is 15.1. The second kappa shape index (κ2) is 5.93. The molecule has 2 aromatic rings. The molecule has 3 rings (SSSR count). The summed E-state index contributed by atoms with van der Waals surface area (Å²) in [7, 11) is 0. The Morgan fingerprint density at radius 3 is 2.30 bits per heavy atom. The van der Waals surface area contributed by atoms with E-state index in [1.54, 1.807) is 12.1 Å². The maximum atomic E-state index is 12.6. The standard InChI is InChI=1S/C19H18BrNO2/c1-12-3-4-14(11-17(12)13(2)22)18(23)21-19(9-10-19)15-5-7-16(20)8-6-15/h3-8,11H,9-10H2,1-2H3,(H,21,23). The molecule has 0 spiro atoms. The van der Waals surface area contributed by atoms with Crippen LogP contribution >= 0.6 is 15.9 Å². The van der Waals surface area contributed by atoms with Gasteiger partial charge in [0.15, 0.2) is 5.78 Å². The smallest absolute Gasteiger partial charge is 0.251 e. The summed E-state index contributed by atoms with van der Waals surface area (Å²) >= 11 is 3.43. The number of halogens is 1. The van der Waals surface area contributed by atoms with E-state index in [0.717, 1.165) is 28.4 Å². The molecule has 0 bridgehead atoms. The number of nitrogens with one attached hydrogen (secondary N) is 1. The highest BCUT2D eigenvalue weighted by Gasteiger charge is 2.45. The topological polar surface area (TPSA) is 46.2 Å². The third-order valence-electron chi connectivity index (χ3n) is 4.38. The van der Waals surface area contributed by atoms with Crippen LogP contribution in [-0.2, 0) is 5.54 Å². The van der Waals surface area contributed by atoms with Crippen LogP contribution in [0.2, 0.25) is 0 Å². The van der Waals surface area contributed by atoms with Crippen LogP contribution in [0.15, 0.2) is 46.9 Å². The summed E-state index contributed by atoms with van der Waals surface area (Å²) in [6.45, 7) is 3.40. The van der Waals surface area contributed by atoms with Crippen molar-refractivity contribution in [1.29, 1.82) is 0 Å². The molecule has 3 nitrogen and oxygen atoms in total. The Morgan fingerprint density at radius 2 is 1.74 bits per heavy atom. The molecule has 0 atom stereocenters. The van der Waals surface area contributed by atoms with Crippen molar-refractivity contribution in [2.45, 2.75) is 32.2 Å². The van der Waals surface area contributed by atoms with E-state index in [-0.39, 0.29) is 17.2 Å². The van der Waals surface area contributed by atoms with E-state index in [9.17, 15) is 9.59 Å². The van der Waals surface area contributed by atoms with Gasteiger partial charge in [-0.3, -0.25) is 9.59 Å². The Hall–Kier alpha value is -1.94. The number of ketones is 1. The second-order valence-electron chi connectivity index (χ2n) is 6.13. The van der Waals surface area contributed by atoms with Crippen molar-refractivity contribution in [3.05, 3.63) is 69.2 Å². The predicted octanol–water partition coefficient (Wildman–Crippen LogP) is 4.38. The van der Waals surface area contributed by atoms with Crippen molar-refractivity contribution < 1.29 is 9.59 Å². The molecule has 0 aromatic heterocycles. The lowest BCUT2D eigenvalue weighted by molar-refractivity contribution is 0.0931. The zero-order chi connectivity index (χ0) is 16.6. The van der Waals surface area contributed by atoms with Crippen LogP contribution < -0.4 is 5.32 Å². The van der Waals surface area contributed by atoms with E-state index >= 15 is 0 Å². The Balaban J connectivity index is 1.83. The number of rotatable bonds is 4. The lowest BCUT2D eigenvalue weighted by Crippen LogP contribution is -2.34. The Labute approximate surface area is 144 Å². The first-order valence-corrected chi connectivity index (χ1v) is 8.41. The van der Waals surface area contributed by atoms with Gasteiger partial charge in [0.1, 0.15) is 0 Å². The minimum absolute atomic E-state index is 0.0220. The number of aryl methyl sites for hydroxylation is 1. The van der Waals surface area contributed by atoms with Crippen LogP contribution in [0.4, 0.5) is 0 Å². The van der Waals surface area contributed by atoms with Crippen LogP contribution in [0.1, 0.15) is 51.6 Å². The molecule has 1 N–H and O–H groups in total. The van der Waals surface area contributed by atoms with E-state index in [1.807, 2.05) is 37.3 Å². The predicted molar refractivity (Wildman–Crippen MR) is 93.7 cm³/mol. The van der Waals surface area contributed by atoms with Crippen LogP contribution in [-0.4, -0.2) is 11.7 Å². The number of hydrogen-bond acceptors (Lipinski definition) is 2. The minimum atomic E-state index is -0.265. The molecule has 1 saturated carbocycles. The number of Topliss-reactive ketones (excluding diaryl/α,β-unsaturated/α-hetero) is 1. The third-order valence-corrected chi connectivity index (χ3v) is 4.91. The molecular formula is C19H18BrNO2. The first kappa shape index (κ1) is 15.9. The highest BCUT2D eigenvalue weighted by atomic mass is 79.9. The number of carbonyl (C=O) groups excluding carboxylic acids is 2. The molecule has 1 amide bonds. The zero-order valence-corrected chi connectivity index (χ0v) is 14.7. The van der Waals surface area contributed by atoms with Crippen LogP contribution in [0.3, 0.4) is 0 Å². The summed E-state index contributed by atoms with van der Waals surface area (Å²) in [6.07, 6.45) is 1.87. The fourth-order valence-electron chi connectivity index (χ4n) is 2.81. The van der Waals surface area contributed by atoms with E-state index in [1.165, 1.54) is 6.92 Å². The van der Waals surface area contributed by atoms with Crippen molar-refractivity contribution >= 4 is 27.6 Å². The summed E-state index contributed by atoms with van der Waals surface area (Å²) in [5, 5.41) is 3.14. The number of carbonyl (C=O) groups is 2. The van der Waals surface area contributed by atoms with E-state index in [4.69, 9.17) is 0 Å². The van der Waals surface area contributed by atoms with Gasteiger partial charge in [0.05, 0.1) is 5.54 Å². The molecule has 1 aliphatic rings. The lowest BCUT2D eigenvalue weighted by Gasteiger charge is -2.18. The van der Waals surface area contributed by atoms with E-state index < -0.39 is 0 Å². The summed E-state index contributed by atoms with van der Waals surface area (Å²) in [5.74, 6) is -0.154. The van der Waals surface area contributed by atoms with Crippen molar-refractivity contribution in [1.82, 2.24) is 5.32 Å². The van der Waals surface area contributed by atoms with Crippen LogP contribution in [0, 0.1) is 6.92 Å². The maximum absolute atomic E-state index is 12.6. The largest absolute Gasteiger partial charge is 0.343 e. The van der Waals surface area contributed by atoms with Gasteiger partial charge in [-0.05, 0) is 62.1 Å². The van der Waals surface area contributed by atoms with Crippen molar-refractivity contribution in [2.24, 2.45) is 0 Å². The van der Waals surface area contributed by atoms with Crippen LogP contribution in [0.5, 0.6) is 0 Å². The average Bonchev–Trinajstić information content (AvgIpc) is 3.28. The second-order valence-corrected chi connectivity index (χ2v) is 7.04. The van der Waals surface area contributed by atoms with Gasteiger partial charge in [-0.15, -0.1) is 0 Å². The van der Waals surface area contributed by atoms with Crippen molar-refractivity contribution in [2.75, 3.05) is 0 Å². The molecule has 2 aromatic carbocycles. The molecule has 1 fully saturated rings. The highest BCUT2D eigenvalue weighted by molar-refractivity contribution is 9.10. The van der Waals surface area contributed by atoms with E-state index in [0.29, 0.717) is 11.1 Å². The van der Waals surface area contributed by atoms with Gasteiger partial charge in [-0.1, -0.05) is 34.1 Å². The first-order valence-electron chi connectivity index (χ1n) is 7.61. The molecular weight excluding hydrogens is 354 g/mol. The van der Waals surface area contributed by atoms with Gasteiger partial charge in [0, 0.05) is 15.6 Å². The quantitative estimate of drug-likeness (QED) is 0.810. The Bertz CT molecular complexity index is 776. The number of hydrogen-bond donors (Lipinski definition) is 1. The summed E-state index contributed by atoms with van der Waals surface area (Å²) in [4.78, 5) is 24.3. The molecule has 0 heterocycles.